The van der Waals surface area contributed by atoms with Crippen molar-refractivity contribution in [2.24, 2.45) is 11.1 Å². The van der Waals surface area contributed by atoms with Crippen molar-refractivity contribution >= 4 is 17.6 Å². The van der Waals surface area contributed by atoms with Crippen LogP contribution in [-0.4, -0.2) is 48.7 Å². The number of hydrogen-bond donors (Lipinski definition) is 2. The number of Topliss-reactive ketones (excluding diaryl/α,β-unsaturated/α-hetero) is 1. The smallest absolute Gasteiger partial charge is 0.243 e. The Labute approximate surface area is 114 Å². The van der Waals surface area contributed by atoms with Gasteiger partial charge >= 0.3 is 0 Å². The van der Waals surface area contributed by atoms with E-state index < -0.39 is 11.5 Å². The highest BCUT2D eigenvalue weighted by Crippen LogP contribution is 2.19. The van der Waals surface area contributed by atoms with E-state index in [1.807, 2.05) is 0 Å². The standard InChI is InChI=1S/C13H25N3O3/c1-9(17)16(5)10(12(19)15-7-6-14)8-11(18)13(2,3)4/h10H,6-8,14H2,1-5H3,(H,15,19). The first-order valence-electron chi connectivity index (χ1n) is 6.35. The first-order chi connectivity index (χ1) is 8.61. The number of likely N-dealkylation sites (N-methyl/N-ethyl adjacent to an activating group) is 1. The second-order valence-corrected chi connectivity index (χ2v) is 5.60. The van der Waals surface area contributed by atoms with Crippen LogP contribution in [0.5, 0.6) is 0 Å². The minimum atomic E-state index is -0.782. The summed E-state index contributed by atoms with van der Waals surface area (Å²) >= 11 is 0. The van der Waals surface area contributed by atoms with Crippen molar-refractivity contribution in [2.45, 2.75) is 40.2 Å². The Balaban J connectivity index is 4.92. The number of ketones is 1. The lowest BCUT2D eigenvalue weighted by Gasteiger charge is -2.28. The topological polar surface area (TPSA) is 92.5 Å². The fourth-order valence-electron chi connectivity index (χ4n) is 1.42. The van der Waals surface area contributed by atoms with E-state index in [0.717, 1.165) is 0 Å². The average molecular weight is 271 g/mol. The number of rotatable bonds is 6. The highest BCUT2D eigenvalue weighted by molar-refractivity contribution is 5.93. The molecule has 0 aromatic carbocycles. The molecule has 6 heteroatoms. The van der Waals surface area contributed by atoms with Gasteiger partial charge in [-0.2, -0.15) is 0 Å². The van der Waals surface area contributed by atoms with Gasteiger partial charge in [0.1, 0.15) is 11.8 Å². The SMILES string of the molecule is CC(=O)N(C)C(CC(=O)C(C)(C)C)C(=O)NCCN. The van der Waals surface area contributed by atoms with Gasteiger partial charge in [0.25, 0.3) is 0 Å². The van der Waals surface area contributed by atoms with E-state index in [4.69, 9.17) is 5.73 Å². The van der Waals surface area contributed by atoms with E-state index >= 15 is 0 Å². The molecule has 0 aliphatic heterocycles. The summed E-state index contributed by atoms with van der Waals surface area (Å²) in [6.07, 6.45) is 0.00991. The second-order valence-electron chi connectivity index (χ2n) is 5.60. The van der Waals surface area contributed by atoms with Crippen molar-refractivity contribution in [1.29, 1.82) is 0 Å². The molecule has 0 aliphatic carbocycles. The Kier molecular flexibility index (Phi) is 6.69. The molecule has 0 aromatic heterocycles. The molecule has 0 radical (unpaired) electrons. The molecule has 0 saturated carbocycles. The van der Waals surface area contributed by atoms with Gasteiger partial charge in [-0.15, -0.1) is 0 Å². The van der Waals surface area contributed by atoms with Crippen molar-refractivity contribution in [3.8, 4) is 0 Å². The largest absolute Gasteiger partial charge is 0.353 e. The first kappa shape index (κ1) is 17.6. The summed E-state index contributed by atoms with van der Waals surface area (Å²) in [5.74, 6) is -0.663. The molecular weight excluding hydrogens is 246 g/mol. The van der Waals surface area contributed by atoms with Gasteiger partial charge in [0.15, 0.2) is 0 Å². The number of hydrogen-bond acceptors (Lipinski definition) is 4. The quantitative estimate of drug-likeness (QED) is 0.706. The molecule has 1 atom stereocenters. The summed E-state index contributed by atoms with van der Waals surface area (Å²) in [6, 6.07) is -0.782. The number of nitrogens with zero attached hydrogens (tertiary/aromatic N) is 1. The molecule has 6 nitrogen and oxygen atoms in total. The predicted octanol–water partition coefficient (Wildman–Crippen LogP) is -0.0865. The van der Waals surface area contributed by atoms with E-state index in [-0.39, 0.29) is 24.0 Å². The fraction of sp³-hybridized carbons (Fsp3) is 0.769. The minimum Gasteiger partial charge on any atom is -0.353 e. The van der Waals surface area contributed by atoms with Crippen molar-refractivity contribution in [1.82, 2.24) is 10.2 Å². The lowest BCUT2D eigenvalue weighted by atomic mass is 9.86. The molecule has 0 fully saturated rings. The molecule has 0 saturated heterocycles. The lowest BCUT2D eigenvalue weighted by molar-refractivity contribution is -0.140. The van der Waals surface area contributed by atoms with Crippen molar-refractivity contribution in [3.63, 3.8) is 0 Å². The third-order valence-electron chi connectivity index (χ3n) is 2.93. The second kappa shape index (κ2) is 7.23. The Morgan fingerprint density at radius 1 is 1.26 bits per heavy atom. The molecule has 2 amide bonds. The van der Waals surface area contributed by atoms with E-state index in [9.17, 15) is 14.4 Å². The van der Waals surface area contributed by atoms with Crippen molar-refractivity contribution in [2.75, 3.05) is 20.1 Å². The van der Waals surface area contributed by atoms with Crippen LogP contribution in [0.4, 0.5) is 0 Å². The molecule has 0 heterocycles. The van der Waals surface area contributed by atoms with Gasteiger partial charge in [-0.05, 0) is 0 Å². The summed E-state index contributed by atoms with van der Waals surface area (Å²) in [6.45, 7) is 7.37. The molecule has 110 valence electrons. The number of nitrogens with two attached hydrogens (primary N) is 1. The third-order valence-corrected chi connectivity index (χ3v) is 2.93. The van der Waals surface area contributed by atoms with Crippen LogP contribution >= 0.6 is 0 Å². The minimum absolute atomic E-state index is 0.00991. The number of nitrogens with one attached hydrogen (secondary N) is 1. The lowest BCUT2D eigenvalue weighted by Crippen LogP contribution is -2.49. The molecule has 3 N–H and O–H groups in total. The van der Waals surface area contributed by atoms with Gasteiger partial charge < -0.3 is 16.0 Å². The van der Waals surface area contributed by atoms with E-state index in [1.165, 1.54) is 18.9 Å². The van der Waals surface area contributed by atoms with Crippen LogP contribution in [-0.2, 0) is 14.4 Å². The zero-order chi connectivity index (χ0) is 15.2. The van der Waals surface area contributed by atoms with Crippen LogP contribution in [0.1, 0.15) is 34.1 Å². The summed E-state index contributed by atoms with van der Waals surface area (Å²) in [5.41, 5.74) is 4.78. The highest BCUT2D eigenvalue weighted by Gasteiger charge is 2.31. The van der Waals surface area contributed by atoms with E-state index in [1.54, 1.807) is 20.8 Å². The molecule has 19 heavy (non-hydrogen) atoms. The zero-order valence-corrected chi connectivity index (χ0v) is 12.4. The molecule has 0 rings (SSSR count). The Morgan fingerprint density at radius 2 is 1.79 bits per heavy atom. The summed E-state index contributed by atoms with van der Waals surface area (Å²) in [5, 5.41) is 2.61. The zero-order valence-electron chi connectivity index (χ0n) is 12.4. The van der Waals surface area contributed by atoms with E-state index in [2.05, 4.69) is 5.32 Å². The maximum absolute atomic E-state index is 12.0. The maximum atomic E-state index is 12.0. The summed E-state index contributed by atoms with van der Waals surface area (Å²) < 4.78 is 0. The van der Waals surface area contributed by atoms with Gasteiger partial charge in [0, 0.05) is 38.9 Å². The molecule has 0 aromatic rings. The molecule has 0 spiro atoms. The van der Waals surface area contributed by atoms with E-state index in [0.29, 0.717) is 13.1 Å². The van der Waals surface area contributed by atoms with Crippen LogP contribution < -0.4 is 11.1 Å². The number of amides is 2. The van der Waals surface area contributed by atoms with Gasteiger partial charge in [-0.1, -0.05) is 20.8 Å². The fourth-order valence-corrected chi connectivity index (χ4v) is 1.42. The van der Waals surface area contributed by atoms with Gasteiger partial charge in [0.05, 0.1) is 0 Å². The predicted molar refractivity (Wildman–Crippen MR) is 73.4 cm³/mol. The van der Waals surface area contributed by atoms with Gasteiger partial charge in [-0.3, -0.25) is 14.4 Å². The van der Waals surface area contributed by atoms with Crippen LogP contribution in [0, 0.1) is 5.41 Å². The monoisotopic (exact) mass is 271 g/mol. The maximum Gasteiger partial charge on any atom is 0.243 e. The molecule has 0 bridgehead atoms. The average Bonchev–Trinajstić information content (AvgIpc) is 2.30. The van der Waals surface area contributed by atoms with Crippen LogP contribution in [0.2, 0.25) is 0 Å². The van der Waals surface area contributed by atoms with Gasteiger partial charge in [-0.25, -0.2) is 0 Å². The molecule has 0 aliphatic rings. The number of carbonyl (C=O) groups is 3. The first-order valence-corrected chi connectivity index (χ1v) is 6.35. The van der Waals surface area contributed by atoms with Gasteiger partial charge in [0.2, 0.25) is 11.8 Å². The van der Waals surface area contributed by atoms with Crippen LogP contribution in [0.15, 0.2) is 0 Å². The van der Waals surface area contributed by atoms with Crippen molar-refractivity contribution in [3.05, 3.63) is 0 Å². The Morgan fingerprint density at radius 3 is 2.16 bits per heavy atom. The van der Waals surface area contributed by atoms with Crippen LogP contribution in [0.3, 0.4) is 0 Å². The van der Waals surface area contributed by atoms with Crippen LogP contribution in [0.25, 0.3) is 0 Å². The summed E-state index contributed by atoms with van der Waals surface area (Å²) in [4.78, 5) is 36.7. The molecular formula is C13H25N3O3. The molecule has 1 unspecified atom stereocenters. The summed E-state index contributed by atoms with van der Waals surface area (Å²) in [7, 11) is 1.52. The highest BCUT2D eigenvalue weighted by atomic mass is 16.2. The normalized spacial score (nSPS) is 12.7. The number of carbonyl (C=O) groups excluding carboxylic acids is 3. The Bertz CT molecular complexity index is 348. The third kappa shape index (κ3) is 5.83. The van der Waals surface area contributed by atoms with Crippen molar-refractivity contribution < 1.29 is 14.4 Å². The Hall–Kier alpha value is -1.43.